The van der Waals surface area contributed by atoms with Crippen LogP contribution in [0.15, 0.2) is 0 Å². The Bertz CT molecular complexity index is 616. The summed E-state index contributed by atoms with van der Waals surface area (Å²) in [6, 6.07) is -3.47. The summed E-state index contributed by atoms with van der Waals surface area (Å²) in [7, 11) is 0. The Kier molecular flexibility index (Phi) is 14.6. The number of aliphatic carboxylic acids is 2. The molecule has 0 bridgehead atoms. The molecule has 0 saturated heterocycles. The predicted molar refractivity (Wildman–Crippen MR) is 111 cm³/mol. The smallest absolute Gasteiger partial charge is 0.326 e. The van der Waals surface area contributed by atoms with Gasteiger partial charge in [0, 0.05) is 0 Å². The third-order valence-electron chi connectivity index (χ3n) is 4.31. The molecule has 0 aromatic rings. The maximum Gasteiger partial charge on any atom is 0.326 e. The van der Waals surface area contributed by atoms with Crippen LogP contribution in [0.1, 0.15) is 44.9 Å². The van der Waals surface area contributed by atoms with E-state index in [1.165, 1.54) is 0 Å². The van der Waals surface area contributed by atoms with Crippen molar-refractivity contribution >= 4 is 29.7 Å². The van der Waals surface area contributed by atoms with Crippen molar-refractivity contribution in [2.45, 2.75) is 63.1 Å². The molecule has 0 spiro atoms. The molecule has 31 heavy (non-hydrogen) atoms. The van der Waals surface area contributed by atoms with E-state index in [0.29, 0.717) is 38.8 Å². The molecule has 0 heterocycles. The number of carboxylic acids is 2. The van der Waals surface area contributed by atoms with Gasteiger partial charge in [0.05, 0.1) is 19.0 Å². The number of carboxylic acid groups (broad SMARTS) is 2. The first-order valence-corrected chi connectivity index (χ1v) is 10.1. The Morgan fingerprint density at radius 3 is 1.81 bits per heavy atom. The van der Waals surface area contributed by atoms with Crippen molar-refractivity contribution in [2.24, 2.45) is 17.2 Å². The summed E-state index contributed by atoms with van der Waals surface area (Å²) < 4.78 is 0. The molecule has 0 aromatic heterocycles. The number of unbranched alkanes of at least 4 members (excludes halogenated alkanes) is 2. The van der Waals surface area contributed by atoms with Crippen LogP contribution in [0.3, 0.4) is 0 Å². The molecule has 0 radical (unpaired) electrons. The average molecular weight is 447 g/mol. The summed E-state index contributed by atoms with van der Waals surface area (Å²) in [5.41, 5.74) is 16.2. The fourth-order valence-electron chi connectivity index (χ4n) is 2.61. The van der Waals surface area contributed by atoms with Gasteiger partial charge in [-0.25, -0.2) is 4.79 Å². The van der Waals surface area contributed by atoms with E-state index in [1.807, 2.05) is 0 Å². The second-order valence-electron chi connectivity index (χ2n) is 7.01. The zero-order chi connectivity index (χ0) is 23.8. The Morgan fingerprint density at radius 1 is 0.774 bits per heavy atom. The summed E-state index contributed by atoms with van der Waals surface area (Å²) in [4.78, 5) is 58.4. The molecule has 0 saturated carbocycles. The first-order valence-electron chi connectivity index (χ1n) is 10.1. The largest absolute Gasteiger partial charge is 0.481 e. The number of carbonyl (C=O) groups excluding carboxylic acids is 3. The van der Waals surface area contributed by atoms with Crippen LogP contribution < -0.4 is 33.2 Å². The second kappa shape index (κ2) is 16.0. The number of amides is 3. The number of carbonyl (C=O) groups is 5. The minimum atomic E-state index is -1.32. The third-order valence-corrected chi connectivity index (χ3v) is 4.31. The average Bonchev–Trinajstić information content (AvgIpc) is 2.69. The van der Waals surface area contributed by atoms with Gasteiger partial charge in [0.1, 0.15) is 12.1 Å². The molecule has 13 heteroatoms. The van der Waals surface area contributed by atoms with E-state index in [1.54, 1.807) is 0 Å². The molecule has 13 nitrogen and oxygen atoms in total. The van der Waals surface area contributed by atoms with Gasteiger partial charge in [-0.15, -0.1) is 0 Å². The minimum absolute atomic E-state index is 0.194. The number of nitrogens with two attached hydrogens (primary N) is 3. The molecule has 178 valence electrons. The summed E-state index contributed by atoms with van der Waals surface area (Å²) in [6.45, 7) is 0.266. The lowest BCUT2D eigenvalue weighted by Gasteiger charge is -2.22. The maximum absolute atomic E-state index is 12.6. The first kappa shape index (κ1) is 28.2. The molecular formula is C18H34N6O7. The van der Waals surface area contributed by atoms with Gasteiger partial charge in [-0.05, 0) is 51.6 Å². The van der Waals surface area contributed by atoms with E-state index in [2.05, 4.69) is 16.0 Å². The molecule has 3 atom stereocenters. The van der Waals surface area contributed by atoms with Crippen molar-refractivity contribution in [3.63, 3.8) is 0 Å². The Labute approximate surface area is 180 Å². The normalized spacial score (nSPS) is 13.5. The zero-order valence-electron chi connectivity index (χ0n) is 17.5. The Morgan fingerprint density at radius 2 is 1.32 bits per heavy atom. The van der Waals surface area contributed by atoms with Gasteiger partial charge in [-0.3, -0.25) is 19.2 Å². The lowest BCUT2D eigenvalue weighted by molar-refractivity contribution is -0.142. The Hall–Kier alpha value is -2.77. The van der Waals surface area contributed by atoms with Crippen molar-refractivity contribution < 1.29 is 34.2 Å². The number of rotatable bonds is 17. The summed E-state index contributed by atoms with van der Waals surface area (Å²) in [6.07, 6.45) is 2.05. The molecular weight excluding hydrogens is 412 g/mol. The Balaban J connectivity index is 4.89. The molecule has 11 N–H and O–H groups in total. The van der Waals surface area contributed by atoms with Crippen LogP contribution in [-0.2, 0) is 24.0 Å². The highest BCUT2D eigenvalue weighted by molar-refractivity contribution is 5.93. The van der Waals surface area contributed by atoms with Gasteiger partial charge >= 0.3 is 11.9 Å². The maximum atomic E-state index is 12.6. The van der Waals surface area contributed by atoms with E-state index >= 15 is 0 Å². The molecule has 3 unspecified atom stereocenters. The van der Waals surface area contributed by atoms with Crippen LogP contribution in [0, 0.1) is 0 Å². The minimum Gasteiger partial charge on any atom is -0.481 e. The van der Waals surface area contributed by atoms with E-state index in [-0.39, 0.29) is 12.8 Å². The molecule has 0 aliphatic carbocycles. The highest BCUT2D eigenvalue weighted by Crippen LogP contribution is 2.05. The van der Waals surface area contributed by atoms with Crippen LogP contribution >= 0.6 is 0 Å². The lowest BCUT2D eigenvalue weighted by Crippen LogP contribution is -2.53. The van der Waals surface area contributed by atoms with Crippen LogP contribution in [-0.4, -0.2) is 77.6 Å². The van der Waals surface area contributed by atoms with Gasteiger partial charge in [-0.2, -0.15) is 0 Å². The second-order valence-corrected chi connectivity index (χ2v) is 7.01. The molecule has 0 rings (SSSR count). The summed E-state index contributed by atoms with van der Waals surface area (Å²) >= 11 is 0. The van der Waals surface area contributed by atoms with Crippen molar-refractivity contribution in [3.8, 4) is 0 Å². The van der Waals surface area contributed by atoms with E-state index in [4.69, 9.17) is 22.3 Å². The van der Waals surface area contributed by atoms with Crippen molar-refractivity contribution in [1.82, 2.24) is 16.0 Å². The molecule has 0 aliphatic heterocycles. The van der Waals surface area contributed by atoms with Gasteiger partial charge in [0.2, 0.25) is 17.7 Å². The summed E-state index contributed by atoms with van der Waals surface area (Å²) in [5.74, 6) is -4.66. The molecule has 0 fully saturated rings. The third kappa shape index (κ3) is 13.2. The highest BCUT2D eigenvalue weighted by Gasteiger charge is 2.26. The molecule has 3 amide bonds. The van der Waals surface area contributed by atoms with Crippen LogP contribution in [0.2, 0.25) is 0 Å². The fraction of sp³-hybridized carbons (Fsp3) is 0.722. The van der Waals surface area contributed by atoms with E-state index < -0.39 is 60.8 Å². The monoisotopic (exact) mass is 446 g/mol. The van der Waals surface area contributed by atoms with Crippen LogP contribution in [0.25, 0.3) is 0 Å². The standard InChI is InChI=1S/C18H34N6O7/c19-7-3-1-5-12(17(29)24-13(18(30)31)6-2-4-8-20)23-14(25)10-22-16(28)11(21)9-15(26)27/h11-13H,1-10,19-21H2,(H,22,28)(H,23,25)(H,24,29)(H,26,27)(H,30,31). The number of hydrogen-bond donors (Lipinski definition) is 8. The predicted octanol–water partition coefficient (Wildman–Crippen LogP) is -2.78. The topological polar surface area (TPSA) is 240 Å². The van der Waals surface area contributed by atoms with E-state index in [0.717, 1.165) is 0 Å². The first-order chi connectivity index (χ1) is 14.6. The SMILES string of the molecule is NCCCCC(NC(=O)C(CCCCN)NC(=O)CNC(=O)C(N)CC(=O)O)C(=O)O. The molecule has 0 aliphatic rings. The lowest BCUT2D eigenvalue weighted by atomic mass is 10.1. The molecule has 0 aromatic carbocycles. The van der Waals surface area contributed by atoms with Gasteiger partial charge in [-0.1, -0.05) is 0 Å². The zero-order valence-corrected chi connectivity index (χ0v) is 17.5. The number of nitrogens with one attached hydrogen (secondary N) is 3. The van der Waals surface area contributed by atoms with Gasteiger partial charge < -0.3 is 43.4 Å². The highest BCUT2D eigenvalue weighted by atomic mass is 16.4. The van der Waals surface area contributed by atoms with Crippen molar-refractivity contribution in [2.75, 3.05) is 19.6 Å². The summed E-state index contributed by atoms with van der Waals surface area (Å²) in [5, 5.41) is 25.0. The van der Waals surface area contributed by atoms with E-state index in [9.17, 15) is 29.1 Å². The van der Waals surface area contributed by atoms with Crippen molar-refractivity contribution in [1.29, 1.82) is 0 Å². The van der Waals surface area contributed by atoms with Crippen LogP contribution in [0.5, 0.6) is 0 Å². The van der Waals surface area contributed by atoms with Gasteiger partial charge in [0.25, 0.3) is 0 Å². The van der Waals surface area contributed by atoms with Crippen LogP contribution in [0.4, 0.5) is 0 Å². The quantitative estimate of drug-likeness (QED) is 0.107. The number of hydrogen-bond acceptors (Lipinski definition) is 8. The van der Waals surface area contributed by atoms with Gasteiger partial charge in [0.15, 0.2) is 0 Å². The van der Waals surface area contributed by atoms with Crippen molar-refractivity contribution in [3.05, 3.63) is 0 Å². The fourth-order valence-corrected chi connectivity index (χ4v) is 2.61.